The minimum absolute atomic E-state index is 0.134. The molecule has 53 heavy (non-hydrogen) atoms. The lowest BCUT2D eigenvalue weighted by atomic mass is 9.97. The van der Waals surface area contributed by atoms with Crippen LogP contribution in [0.4, 0.5) is 0 Å². The summed E-state index contributed by atoms with van der Waals surface area (Å²) >= 11 is 0. The number of aliphatic hydroxyl groups excluding tert-OH is 10. The van der Waals surface area contributed by atoms with E-state index < -0.39 is 128 Å². The van der Waals surface area contributed by atoms with Crippen LogP contribution in [0, 0.1) is 0 Å². The van der Waals surface area contributed by atoms with E-state index in [0.29, 0.717) is 0 Å². The maximum Gasteiger partial charge on any atom is 0.239 e. The van der Waals surface area contributed by atoms with Crippen LogP contribution in [-0.2, 0) is 18.9 Å². The molecule has 0 saturated carbocycles. The van der Waals surface area contributed by atoms with Crippen LogP contribution in [0.1, 0.15) is 6.92 Å². The standard InChI is InChI=1S/C33H40O20/c1-10-19(38)29(52-31-25(44)23(42)20(39)16(8-34)50-31)27(46)33(47-10)48-13-6-14(37)18-15(7-13)49-28(11-2-4-12(36)5-3-11)30(22(18)41)53-32-26(45)24(43)21(40)17(9-35)51-32/h2-7,10,16-17,19-21,23-27,29,31-40,42-46H,8-9H2,1H3/t10-,16+,17+,19-,20+,21+,23-,24-,25+,26+,27+,29+,31-,32-,33-/m0/s1. The summed E-state index contributed by atoms with van der Waals surface area (Å²) in [5.41, 5.74) is -1.20. The SMILES string of the molecule is C[C@@H]1O[C@@H](Oc2cc(O)c3c(=O)c(O[C@@H]4O[C@H](CO)[C@@H](O)[C@H](O)[C@H]4O)c(-c4ccc(O)cc4)oc3c2)[C@H](O)[C@H](O[C@@H]2O[C@H](CO)[C@@H](O)[C@H](O)[C@H]2O)[C@H]1O. The maximum atomic E-state index is 13.9. The van der Waals surface area contributed by atoms with Gasteiger partial charge in [-0.3, -0.25) is 4.79 Å². The molecule has 3 aromatic rings. The predicted octanol–water partition coefficient (Wildman–Crippen LogP) is -3.92. The lowest BCUT2D eigenvalue weighted by Crippen LogP contribution is -2.64. The highest BCUT2D eigenvalue weighted by Gasteiger charge is 2.51. The molecule has 15 atom stereocenters. The second-order valence-corrected chi connectivity index (χ2v) is 12.9. The van der Waals surface area contributed by atoms with Gasteiger partial charge in [-0.05, 0) is 31.2 Å². The summed E-state index contributed by atoms with van der Waals surface area (Å²) in [7, 11) is 0. The number of phenols is 2. The highest BCUT2D eigenvalue weighted by atomic mass is 16.7. The van der Waals surface area contributed by atoms with Crippen molar-refractivity contribution in [2.75, 3.05) is 13.2 Å². The number of benzene rings is 2. The van der Waals surface area contributed by atoms with Crippen molar-refractivity contribution in [3.05, 3.63) is 46.6 Å². The van der Waals surface area contributed by atoms with Gasteiger partial charge in [0, 0.05) is 17.7 Å². The molecule has 6 rings (SSSR count). The third-order valence-corrected chi connectivity index (χ3v) is 9.29. The molecule has 12 N–H and O–H groups in total. The first-order valence-corrected chi connectivity index (χ1v) is 16.4. The van der Waals surface area contributed by atoms with Crippen LogP contribution >= 0.6 is 0 Å². The third-order valence-electron chi connectivity index (χ3n) is 9.29. The number of aliphatic hydroxyl groups is 10. The summed E-state index contributed by atoms with van der Waals surface area (Å²) in [6, 6.07) is 7.29. The normalized spacial score (nSPS) is 37.8. The van der Waals surface area contributed by atoms with E-state index in [0.717, 1.165) is 12.1 Å². The van der Waals surface area contributed by atoms with Crippen molar-refractivity contribution >= 4 is 11.0 Å². The highest BCUT2D eigenvalue weighted by Crippen LogP contribution is 2.39. The van der Waals surface area contributed by atoms with E-state index in [1.54, 1.807) is 0 Å². The van der Waals surface area contributed by atoms with Crippen LogP contribution in [-0.4, -0.2) is 167 Å². The van der Waals surface area contributed by atoms with Crippen molar-refractivity contribution in [3.63, 3.8) is 0 Å². The van der Waals surface area contributed by atoms with Crippen LogP contribution in [0.15, 0.2) is 45.6 Å². The van der Waals surface area contributed by atoms with Gasteiger partial charge in [-0.2, -0.15) is 0 Å². The fraction of sp³-hybridized carbons (Fsp3) is 0.545. The van der Waals surface area contributed by atoms with Crippen LogP contribution < -0.4 is 14.9 Å². The van der Waals surface area contributed by atoms with Gasteiger partial charge in [-0.25, -0.2) is 0 Å². The molecule has 0 bridgehead atoms. The molecule has 0 spiro atoms. The molecular weight excluding hydrogens is 716 g/mol. The van der Waals surface area contributed by atoms with E-state index in [9.17, 15) is 66.1 Å². The average molecular weight is 757 g/mol. The van der Waals surface area contributed by atoms with Crippen LogP contribution in [0.3, 0.4) is 0 Å². The second-order valence-electron chi connectivity index (χ2n) is 12.9. The van der Waals surface area contributed by atoms with Crippen molar-refractivity contribution in [1.82, 2.24) is 0 Å². The maximum absolute atomic E-state index is 13.9. The average Bonchev–Trinajstić information content (AvgIpc) is 3.13. The Balaban J connectivity index is 1.32. The van der Waals surface area contributed by atoms with Gasteiger partial charge in [-0.1, -0.05) is 0 Å². The molecular formula is C33H40O20. The summed E-state index contributed by atoms with van der Waals surface area (Å²) in [5.74, 6) is -2.11. The zero-order chi connectivity index (χ0) is 38.5. The van der Waals surface area contributed by atoms with Gasteiger partial charge in [0.1, 0.15) is 95.4 Å². The number of phenolic OH excluding ortho intramolecular Hbond substituents is 2. The van der Waals surface area contributed by atoms with Crippen LogP contribution in [0.25, 0.3) is 22.3 Å². The van der Waals surface area contributed by atoms with E-state index in [4.69, 9.17) is 32.8 Å². The number of fused-ring (bicyclic) bond motifs is 1. The number of rotatable bonds is 9. The topological polar surface area (TPSA) is 328 Å². The quantitative estimate of drug-likeness (QED) is 0.0992. The van der Waals surface area contributed by atoms with E-state index in [1.807, 2.05) is 0 Å². The molecule has 2 aromatic carbocycles. The van der Waals surface area contributed by atoms with Gasteiger partial charge in [0.2, 0.25) is 23.8 Å². The third kappa shape index (κ3) is 7.39. The lowest BCUT2D eigenvalue weighted by Gasteiger charge is -2.45. The summed E-state index contributed by atoms with van der Waals surface area (Å²) in [6.45, 7) is -0.152. The first kappa shape index (κ1) is 39.0. The Kier molecular flexibility index (Phi) is 11.5. The molecule has 3 aliphatic rings. The van der Waals surface area contributed by atoms with Crippen molar-refractivity contribution in [2.45, 2.75) is 99.0 Å². The first-order chi connectivity index (χ1) is 25.1. The molecule has 0 aliphatic carbocycles. The van der Waals surface area contributed by atoms with Crippen molar-refractivity contribution in [1.29, 1.82) is 0 Å². The Labute approximate surface area is 298 Å². The summed E-state index contributed by atoms with van der Waals surface area (Å²) < 4.78 is 39.5. The second kappa shape index (κ2) is 15.6. The van der Waals surface area contributed by atoms with E-state index in [2.05, 4.69) is 0 Å². The summed E-state index contributed by atoms with van der Waals surface area (Å²) in [6.07, 6.45) is -24.9. The Morgan fingerprint density at radius 2 is 1.23 bits per heavy atom. The lowest BCUT2D eigenvalue weighted by molar-refractivity contribution is -0.350. The molecule has 292 valence electrons. The molecule has 3 saturated heterocycles. The van der Waals surface area contributed by atoms with Gasteiger partial charge in [0.25, 0.3) is 0 Å². The van der Waals surface area contributed by atoms with Gasteiger partial charge in [0.05, 0.1) is 19.3 Å². The molecule has 3 aliphatic heterocycles. The number of hydrogen-bond donors (Lipinski definition) is 12. The molecule has 1 aromatic heterocycles. The first-order valence-electron chi connectivity index (χ1n) is 16.4. The van der Waals surface area contributed by atoms with Gasteiger partial charge in [0.15, 0.2) is 12.1 Å². The zero-order valence-corrected chi connectivity index (χ0v) is 27.7. The zero-order valence-electron chi connectivity index (χ0n) is 27.7. The Hall–Kier alpha value is -3.71. The Morgan fingerprint density at radius 3 is 1.83 bits per heavy atom. The van der Waals surface area contributed by atoms with Crippen LogP contribution in [0.5, 0.6) is 23.0 Å². The Bertz CT molecular complexity index is 1780. The van der Waals surface area contributed by atoms with Crippen molar-refractivity contribution < 1.29 is 94.1 Å². The van der Waals surface area contributed by atoms with E-state index in [-0.39, 0.29) is 28.4 Å². The van der Waals surface area contributed by atoms with Gasteiger partial charge >= 0.3 is 0 Å². The van der Waals surface area contributed by atoms with Crippen molar-refractivity contribution in [3.8, 4) is 34.3 Å². The smallest absolute Gasteiger partial charge is 0.239 e. The largest absolute Gasteiger partial charge is 0.508 e. The molecule has 3 fully saturated rings. The van der Waals surface area contributed by atoms with Crippen LogP contribution in [0.2, 0.25) is 0 Å². The highest BCUT2D eigenvalue weighted by molar-refractivity contribution is 5.88. The monoisotopic (exact) mass is 756 g/mol. The van der Waals surface area contributed by atoms with Crippen molar-refractivity contribution in [2.24, 2.45) is 0 Å². The minimum Gasteiger partial charge on any atom is -0.508 e. The predicted molar refractivity (Wildman–Crippen MR) is 171 cm³/mol. The summed E-state index contributed by atoms with van der Waals surface area (Å²) in [4.78, 5) is 13.9. The van der Waals surface area contributed by atoms with Gasteiger partial charge in [-0.15, -0.1) is 0 Å². The molecule has 0 radical (unpaired) electrons. The van der Waals surface area contributed by atoms with E-state index in [1.165, 1.54) is 31.2 Å². The number of ether oxygens (including phenoxy) is 6. The fourth-order valence-electron chi connectivity index (χ4n) is 6.24. The minimum atomic E-state index is -1.92. The molecule has 0 amide bonds. The number of aromatic hydroxyl groups is 2. The van der Waals surface area contributed by atoms with E-state index >= 15 is 0 Å². The summed E-state index contributed by atoms with van der Waals surface area (Å²) in [5, 5.41) is 123. The van der Waals surface area contributed by atoms with Gasteiger partial charge < -0.3 is 94.1 Å². The number of hydrogen-bond acceptors (Lipinski definition) is 20. The molecule has 4 heterocycles. The molecule has 20 nitrogen and oxygen atoms in total. The molecule has 20 heteroatoms. The Morgan fingerprint density at radius 1 is 0.660 bits per heavy atom. The molecule has 0 unspecified atom stereocenters. The fourth-order valence-corrected chi connectivity index (χ4v) is 6.24.